The number of aryl methyl sites for hydroxylation is 2. The average molecular weight is 228 g/mol. The zero-order valence-corrected chi connectivity index (χ0v) is 8.92. The molecular formula is C10H12O4S. The quantitative estimate of drug-likeness (QED) is 0.778. The van der Waals surface area contributed by atoms with Gasteiger partial charge in [0.1, 0.15) is 0 Å². The minimum atomic E-state index is -0.810. The lowest BCUT2D eigenvalue weighted by atomic mass is 10.2. The second-order valence-corrected chi connectivity index (χ2v) is 4.41. The van der Waals surface area contributed by atoms with E-state index in [2.05, 4.69) is 0 Å². The Morgan fingerprint density at radius 3 is 1.73 bits per heavy atom. The number of aliphatic carboxylic acids is 2. The molecule has 0 aromatic carbocycles. The zero-order chi connectivity index (χ0) is 11.3. The fraction of sp³-hybridized carbons (Fsp3) is 0.400. The van der Waals surface area contributed by atoms with E-state index in [4.69, 9.17) is 10.2 Å². The zero-order valence-electron chi connectivity index (χ0n) is 8.10. The first kappa shape index (κ1) is 11.7. The normalized spacial score (nSPS) is 10.1. The van der Waals surface area contributed by atoms with E-state index in [1.807, 2.05) is 12.1 Å². The van der Waals surface area contributed by atoms with Crippen LogP contribution in [0.25, 0.3) is 0 Å². The summed E-state index contributed by atoms with van der Waals surface area (Å²) in [4.78, 5) is 22.6. The van der Waals surface area contributed by atoms with Crippen LogP contribution >= 0.6 is 11.3 Å². The second-order valence-electron chi connectivity index (χ2n) is 3.16. The molecule has 15 heavy (non-hydrogen) atoms. The maximum absolute atomic E-state index is 10.3. The summed E-state index contributed by atoms with van der Waals surface area (Å²) in [6.07, 6.45) is 1.29. The van der Waals surface area contributed by atoms with Gasteiger partial charge >= 0.3 is 11.9 Å². The van der Waals surface area contributed by atoms with Crippen molar-refractivity contribution < 1.29 is 19.8 Å². The highest BCUT2D eigenvalue weighted by atomic mass is 32.1. The van der Waals surface area contributed by atoms with E-state index in [1.54, 1.807) is 0 Å². The van der Waals surface area contributed by atoms with Crippen molar-refractivity contribution in [3.8, 4) is 0 Å². The van der Waals surface area contributed by atoms with E-state index in [0.717, 1.165) is 9.75 Å². The SMILES string of the molecule is O=C(O)CCc1ccc(CCC(=O)O)s1. The number of rotatable bonds is 6. The van der Waals surface area contributed by atoms with E-state index in [0.29, 0.717) is 12.8 Å². The number of thiophene rings is 1. The molecule has 2 N–H and O–H groups in total. The molecule has 0 saturated heterocycles. The van der Waals surface area contributed by atoms with E-state index < -0.39 is 11.9 Å². The highest BCUT2D eigenvalue weighted by molar-refractivity contribution is 7.12. The molecule has 82 valence electrons. The molecule has 0 bridgehead atoms. The van der Waals surface area contributed by atoms with Crippen LogP contribution in [0.1, 0.15) is 22.6 Å². The molecule has 0 saturated carbocycles. The summed E-state index contributed by atoms with van der Waals surface area (Å²) < 4.78 is 0. The Balaban J connectivity index is 2.41. The first-order valence-electron chi connectivity index (χ1n) is 4.59. The molecular weight excluding hydrogens is 216 g/mol. The van der Waals surface area contributed by atoms with Gasteiger partial charge in [-0.2, -0.15) is 0 Å². The molecule has 0 aliphatic rings. The minimum absolute atomic E-state index is 0.124. The maximum atomic E-state index is 10.3. The molecule has 1 aromatic heterocycles. The first-order chi connectivity index (χ1) is 7.08. The second kappa shape index (κ2) is 5.50. The fourth-order valence-electron chi connectivity index (χ4n) is 1.15. The van der Waals surface area contributed by atoms with Crippen LogP contribution in [-0.2, 0) is 22.4 Å². The van der Waals surface area contributed by atoms with Gasteiger partial charge < -0.3 is 10.2 Å². The summed E-state index contributed by atoms with van der Waals surface area (Å²) in [5, 5.41) is 17.0. The van der Waals surface area contributed by atoms with Gasteiger partial charge in [-0.15, -0.1) is 11.3 Å². The van der Waals surface area contributed by atoms with Gasteiger partial charge in [0.05, 0.1) is 12.8 Å². The molecule has 4 nitrogen and oxygen atoms in total. The van der Waals surface area contributed by atoms with Gasteiger partial charge in [-0.1, -0.05) is 0 Å². The van der Waals surface area contributed by atoms with E-state index >= 15 is 0 Å². The van der Waals surface area contributed by atoms with Crippen LogP contribution in [0.5, 0.6) is 0 Å². The van der Waals surface area contributed by atoms with E-state index in [1.165, 1.54) is 11.3 Å². The van der Waals surface area contributed by atoms with E-state index in [9.17, 15) is 9.59 Å². The fourth-order valence-corrected chi connectivity index (χ4v) is 2.17. The lowest BCUT2D eigenvalue weighted by molar-refractivity contribution is -0.137. The Labute approximate surface area is 91.2 Å². The lowest BCUT2D eigenvalue weighted by Gasteiger charge is -1.93. The van der Waals surface area contributed by atoms with Gasteiger partial charge in [0.2, 0.25) is 0 Å². The topological polar surface area (TPSA) is 74.6 Å². The summed E-state index contributed by atoms with van der Waals surface area (Å²) in [6, 6.07) is 3.73. The number of hydrogen-bond acceptors (Lipinski definition) is 3. The number of carbonyl (C=O) groups is 2. The summed E-state index contributed by atoms with van der Waals surface area (Å²) in [7, 11) is 0. The predicted octanol–water partition coefficient (Wildman–Crippen LogP) is 1.78. The van der Waals surface area contributed by atoms with Crippen LogP contribution in [0.2, 0.25) is 0 Å². The van der Waals surface area contributed by atoms with Crippen molar-refractivity contribution in [2.45, 2.75) is 25.7 Å². The molecule has 0 aliphatic carbocycles. The molecule has 1 heterocycles. The van der Waals surface area contributed by atoms with Crippen molar-refractivity contribution in [2.24, 2.45) is 0 Å². The third-order valence-corrected chi connectivity index (χ3v) is 3.09. The lowest BCUT2D eigenvalue weighted by Crippen LogP contribution is -1.96. The van der Waals surface area contributed by atoms with Gasteiger partial charge in [-0.05, 0) is 25.0 Å². The summed E-state index contributed by atoms with van der Waals surface area (Å²) in [5.41, 5.74) is 0. The molecule has 0 aliphatic heterocycles. The molecule has 0 atom stereocenters. The van der Waals surface area contributed by atoms with Crippen LogP contribution < -0.4 is 0 Å². The molecule has 1 rings (SSSR count). The molecule has 5 heteroatoms. The minimum Gasteiger partial charge on any atom is -0.481 e. The van der Waals surface area contributed by atoms with Gasteiger partial charge in [-0.25, -0.2) is 0 Å². The molecule has 0 fully saturated rings. The summed E-state index contributed by atoms with van der Waals surface area (Å²) >= 11 is 1.49. The molecule has 0 spiro atoms. The van der Waals surface area contributed by atoms with Gasteiger partial charge in [0, 0.05) is 9.75 Å². The Kier molecular flexibility index (Phi) is 4.30. The molecule has 0 amide bonds. The van der Waals surface area contributed by atoms with Crippen molar-refractivity contribution in [3.05, 3.63) is 21.9 Å². The van der Waals surface area contributed by atoms with Crippen LogP contribution in [-0.4, -0.2) is 22.2 Å². The van der Waals surface area contributed by atoms with Gasteiger partial charge in [0.25, 0.3) is 0 Å². The highest BCUT2D eigenvalue weighted by Gasteiger charge is 2.04. The van der Waals surface area contributed by atoms with Crippen molar-refractivity contribution in [1.29, 1.82) is 0 Å². The van der Waals surface area contributed by atoms with Crippen LogP contribution in [0.3, 0.4) is 0 Å². The summed E-state index contributed by atoms with van der Waals surface area (Å²) in [6.45, 7) is 0. The summed E-state index contributed by atoms with van der Waals surface area (Å²) in [5.74, 6) is -1.62. The monoisotopic (exact) mass is 228 g/mol. The number of carboxylic acids is 2. The first-order valence-corrected chi connectivity index (χ1v) is 5.41. The van der Waals surface area contributed by atoms with Crippen LogP contribution in [0.15, 0.2) is 12.1 Å². The Bertz CT molecular complexity index is 324. The molecule has 0 radical (unpaired) electrons. The van der Waals surface area contributed by atoms with Crippen molar-refractivity contribution >= 4 is 23.3 Å². The molecule has 1 aromatic rings. The third-order valence-electron chi connectivity index (χ3n) is 1.89. The van der Waals surface area contributed by atoms with Crippen LogP contribution in [0.4, 0.5) is 0 Å². The highest BCUT2D eigenvalue weighted by Crippen LogP contribution is 2.19. The van der Waals surface area contributed by atoms with Crippen molar-refractivity contribution in [3.63, 3.8) is 0 Å². The number of hydrogen-bond donors (Lipinski definition) is 2. The Hall–Kier alpha value is -1.36. The largest absolute Gasteiger partial charge is 0.481 e. The number of carboxylic acid groups (broad SMARTS) is 2. The molecule has 0 unspecified atom stereocenters. The Morgan fingerprint density at radius 2 is 1.40 bits per heavy atom. The van der Waals surface area contributed by atoms with Gasteiger partial charge in [-0.3, -0.25) is 9.59 Å². The van der Waals surface area contributed by atoms with Crippen molar-refractivity contribution in [2.75, 3.05) is 0 Å². The van der Waals surface area contributed by atoms with Crippen LogP contribution in [0, 0.1) is 0 Å². The average Bonchev–Trinajstić information content (AvgIpc) is 2.59. The maximum Gasteiger partial charge on any atom is 0.303 e. The Morgan fingerprint density at radius 1 is 1.00 bits per heavy atom. The smallest absolute Gasteiger partial charge is 0.303 e. The predicted molar refractivity (Wildman–Crippen MR) is 56.2 cm³/mol. The van der Waals surface area contributed by atoms with E-state index in [-0.39, 0.29) is 12.8 Å². The van der Waals surface area contributed by atoms with Crippen molar-refractivity contribution in [1.82, 2.24) is 0 Å². The standard InChI is InChI=1S/C10H12O4S/c11-9(12)5-3-7-1-2-8(15-7)4-6-10(13)14/h1-2H,3-6H2,(H,11,12)(H,13,14). The third kappa shape index (κ3) is 4.60. The van der Waals surface area contributed by atoms with Gasteiger partial charge in [0.15, 0.2) is 0 Å².